The van der Waals surface area contributed by atoms with Gasteiger partial charge >= 0.3 is 5.97 Å². The Bertz CT molecular complexity index is 392. The molecule has 1 aromatic rings. The van der Waals surface area contributed by atoms with Gasteiger partial charge in [-0.25, -0.2) is 4.79 Å². The quantitative estimate of drug-likeness (QED) is 0.794. The molecule has 0 fully saturated rings. The van der Waals surface area contributed by atoms with E-state index in [1.165, 1.54) is 7.11 Å². The van der Waals surface area contributed by atoms with E-state index in [1.54, 1.807) is 32.2 Å². The SMILES string of the molecule is CC[C@H](Nc1cc(OC)ccc1OC)C(=O)O. The molecule has 0 heterocycles. The summed E-state index contributed by atoms with van der Waals surface area (Å²) in [6.07, 6.45) is 0.482. The zero-order valence-corrected chi connectivity index (χ0v) is 10.2. The minimum Gasteiger partial charge on any atom is -0.497 e. The predicted octanol–water partition coefficient (Wildman–Crippen LogP) is 1.98. The Labute approximate surface area is 100 Å². The van der Waals surface area contributed by atoms with Crippen molar-refractivity contribution in [1.82, 2.24) is 0 Å². The molecule has 0 aliphatic rings. The third kappa shape index (κ3) is 3.27. The van der Waals surface area contributed by atoms with Gasteiger partial charge in [0.2, 0.25) is 0 Å². The first-order valence-corrected chi connectivity index (χ1v) is 5.33. The molecule has 0 radical (unpaired) electrons. The van der Waals surface area contributed by atoms with E-state index in [4.69, 9.17) is 14.6 Å². The van der Waals surface area contributed by atoms with E-state index in [0.29, 0.717) is 23.6 Å². The maximum absolute atomic E-state index is 11.0. The predicted molar refractivity (Wildman–Crippen MR) is 64.9 cm³/mol. The number of carbonyl (C=O) groups is 1. The average molecular weight is 239 g/mol. The summed E-state index contributed by atoms with van der Waals surface area (Å²) in [5.74, 6) is 0.344. The second-order valence-corrected chi connectivity index (χ2v) is 3.51. The molecule has 0 aliphatic heterocycles. The smallest absolute Gasteiger partial charge is 0.326 e. The van der Waals surface area contributed by atoms with Gasteiger partial charge in [0.05, 0.1) is 19.9 Å². The van der Waals surface area contributed by atoms with Crippen molar-refractivity contribution in [3.05, 3.63) is 18.2 Å². The molecule has 2 N–H and O–H groups in total. The lowest BCUT2D eigenvalue weighted by Crippen LogP contribution is -2.28. The molecule has 17 heavy (non-hydrogen) atoms. The summed E-state index contributed by atoms with van der Waals surface area (Å²) in [5.41, 5.74) is 0.612. The van der Waals surface area contributed by atoms with E-state index in [-0.39, 0.29) is 0 Å². The van der Waals surface area contributed by atoms with Crippen LogP contribution in [0.3, 0.4) is 0 Å². The zero-order valence-electron chi connectivity index (χ0n) is 10.2. The summed E-state index contributed by atoms with van der Waals surface area (Å²) in [6, 6.07) is 4.56. The summed E-state index contributed by atoms with van der Waals surface area (Å²) in [5, 5.41) is 11.9. The standard InChI is InChI=1S/C12H17NO4/c1-4-9(12(14)15)13-10-7-8(16-2)5-6-11(10)17-3/h5-7,9,13H,4H2,1-3H3,(H,14,15)/t9-/m0/s1. The Morgan fingerprint density at radius 3 is 2.59 bits per heavy atom. The number of hydrogen-bond donors (Lipinski definition) is 2. The first-order chi connectivity index (χ1) is 8.12. The van der Waals surface area contributed by atoms with E-state index < -0.39 is 12.0 Å². The number of carboxylic acid groups (broad SMARTS) is 1. The highest BCUT2D eigenvalue weighted by Gasteiger charge is 2.16. The third-order valence-corrected chi connectivity index (χ3v) is 2.44. The van der Waals surface area contributed by atoms with Crippen LogP contribution in [-0.4, -0.2) is 31.3 Å². The van der Waals surface area contributed by atoms with Crippen LogP contribution in [0, 0.1) is 0 Å². The Morgan fingerprint density at radius 2 is 2.12 bits per heavy atom. The molecule has 94 valence electrons. The average Bonchev–Trinajstić information content (AvgIpc) is 2.35. The molecule has 0 spiro atoms. The molecule has 5 heteroatoms. The van der Waals surface area contributed by atoms with Crippen LogP contribution in [-0.2, 0) is 4.79 Å². The highest BCUT2D eigenvalue weighted by atomic mass is 16.5. The Morgan fingerprint density at radius 1 is 1.41 bits per heavy atom. The molecule has 0 aliphatic carbocycles. The first-order valence-electron chi connectivity index (χ1n) is 5.33. The van der Waals surface area contributed by atoms with Gasteiger partial charge in [-0.2, -0.15) is 0 Å². The lowest BCUT2D eigenvalue weighted by Gasteiger charge is -2.17. The summed E-state index contributed by atoms with van der Waals surface area (Å²) >= 11 is 0. The van der Waals surface area contributed by atoms with Crippen LogP contribution in [0.1, 0.15) is 13.3 Å². The fraction of sp³-hybridized carbons (Fsp3) is 0.417. The van der Waals surface area contributed by atoms with Crippen molar-refractivity contribution in [1.29, 1.82) is 0 Å². The van der Waals surface area contributed by atoms with Gasteiger partial charge in [-0.1, -0.05) is 6.92 Å². The topological polar surface area (TPSA) is 67.8 Å². The van der Waals surface area contributed by atoms with Gasteiger partial charge in [0.1, 0.15) is 17.5 Å². The van der Waals surface area contributed by atoms with Crippen LogP contribution in [0.25, 0.3) is 0 Å². The number of hydrogen-bond acceptors (Lipinski definition) is 4. The normalized spacial score (nSPS) is 11.7. The molecule has 0 saturated heterocycles. The molecule has 0 unspecified atom stereocenters. The van der Waals surface area contributed by atoms with Crippen LogP contribution >= 0.6 is 0 Å². The number of ether oxygens (including phenoxy) is 2. The third-order valence-electron chi connectivity index (χ3n) is 2.44. The van der Waals surface area contributed by atoms with Gasteiger partial charge in [-0.3, -0.25) is 0 Å². The maximum atomic E-state index is 11.0. The highest BCUT2D eigenvalue weighted by Crippen LogP contribution is 2.29. The van der Waals surface area contributed by atoms with E-state index in [1.807, 2.05) is 0 Å². The monoisotopic (exact) mass is 239 g/mol. The Balaban J connectivity index is 2.97. The van der Waals surface area contributed by atoms with Crippen LogP contribution in [0.4, 0.5) is 5.69 Å². The largest absolute Gasteiger partial charge is 0.497 e. The summed E-state index contributed by atoms with van der Waals surface area (Å²) in [6.45, 7) is 1.80. The number of nitrogens with one attached hydrogen (secondary N) is 1. The molecule has 5 nitrogen and oxygen atoms in total. The van der Waals surface area contributed by atoms with Crippen LogP contribution in [0.2, 0.25) is 0 Å². The van der Waals surface area contributed by atoms with Crippen molar-refractivity contribution >= 4 is 11.7 Å². The molecule has 0 amide bonds. The van der Waals surface area contributed by atoms with Crippen molar-refractivity contribution in [2.45, 2.75) is 19.4 Å². The van der Waals surface area contributed by atoms with Crippen LogP contribution in [0.5, 0.6) is 11.5 Å². The second kappa shape index (κ2) is 5.98. The summed E-state index contributed by atoms with van der Waals surface area (Å²) in [7, 11) is 3.09. The van der Waals surface area contributed by atoms with Crippen molar-refractivity contribution < 1.29 is 19.4 Å². The number of methoxy groups -OCH3 is 2. The van der Waals surface area contributed by atoms with Gasteiger partial charge in [-0.15, -0.1) is 0 Å². The van der Waals surface area contributed by atoms with Crippen molar-refractivity contribution in [2.24, 2.45) is 0 Å². The van der Waals surface area contributed by atoms with Crippen molar-refractivity contribution in [2.75, 3.05) is 19.5 Å². The lowest BCUT2D eigenvalue weighted by molar-refractivity contribution is -0.137. The van der Waals surface area contributed by atoms with Crippen molar-refractivity contribution in [3.63, 3.8) is 0 Å². The van der Waals surface area contributed by atoms with Gasteiger partial charge in [0, 0.05) is 6.07 Å². The Kier molecular flexibility index (Phi) is 4.63. The zero-order chi connectivity index (χ0) is 12.8. The maximum Gasteiger partial charge on any atom is 0.326 e. The number of anilines is 1. The number of benzene rings is 1. The highest BCUT2D eigenvalue weighted by molar-refractivity contribution is 5.78. The minimum atomic E-state index is -0.891. The Hall–Kier alpha value is -1.91. The second-order valence-electron chi connectivity index (χ2n) is 3.51. The molecule has 0 bridgehead atoms. The van der Waals surface area contributed by atoms with Gasteiger partial charge in [-0.05, 0) is 18.6 Å². The van der Waals surface area contributed by atoms with Gasteiger partial charge in [0.15, 0.2) is 0 Å². The lowest BCUT2D eigenvalue weighted by atomic mass is 10.2. The number of carboxylic acids is 1. The molecule has 0 aromatic heterocycles. The fourth-order valence-corrected chi connectivity index (χ4v) is 1.45. The fourth-order valence-electron chi connectivity index (χ4n) is 1.45. The summed E-state index contributed by atoms with van der Waals surface area (Å²) < 4.78 is 10.2. The van der Waals surface area contributed by atoms with Gasteiger partial charge in [0.25, 0.3) is 0 Å². The first kappa shape index (κ1) is 13.2. The molecule has 0 saturated carbocycles. The molecular formula is C12H17NO4. The van der Waals surface area contributed by atoms with E-state index in [9.17, 15) is 4.79 Å². The van der Waals surface area contributed by atoms with E-state index in [0.717, 1.165) is 0 Å². The summed E-state index contributed by atoms with van der Waals surface area (Å²) in [4.78, 5) is 11.0. The van der Waals surface area contributed by atoms with E-state index in [2.05, 4.69) is 5.32 Å². The van der Waals surface area contributed by atoms with Crippen LogP contribution in [0.15, 0.2) is 18.2 Å². The molecule has 1 atom stereocenters. The molecule has 1 aromatic carbocycles. The van der Waals surface area contributed by atoms with E-state index >= 15 is 0 Å². The van der Waals surface area contributed by atoms with Crippen LogP contribution < -0.4 is 14.8 Å². The van der Waals surface area contributed by atoms with Gasteiger partial charge < -0.3 is 19.9 Å². The number of aliphatic carboxylic acids is 1. The molecular weight excluding hydrogens is 222 g/mol. The minimum absolute atomic E-state index is 0.482. The molecule has 1 rings (SSSR count). The number of rotatable bonds is 6. The van der Waals surface area contributed by atoms with Crippen molar-refractivity contribution in [3.8, 4) is 11.5 Å².